The molecule has 2 atom stereocenters. The minimum Gasteiger partial charge on any atom is -0.385 e. The Labute approximate surface area is 164 Å². The van der Waals surface area contributed by atoms with Crippen LogP contribution in [0.25, 0.3) is 11.1 Å². The molecular formula is C22H28BrNO2. The van der Waals surface area contributed by atoms with Crippen LogP contribution in [0.4, 0.5) is 0 Å². The van der Waals surface area contributed by atoms with Gasteiger partial charge in [-0.05, 0) is 48.6 Å². The number of aliphatic hydroxyl groups excluding tert-OH is 1. The van der Waals surface area contributed by atoms with Crippen LogP contribution in [0.1, 0.15) is 39.2 Å². The Morgan fingerprint density at radius 3 is 2.15 bits per heavy atom. The fraction of sp³-hybridized carbons (Fsp3) is 0.455. The van der Waals surface area contributed by atoms with Crippen molar-refractivity contribution in [3.63, 3.8) is 0 Å². The van der Waals surface area contributed by atoms with Crippen molar-refractivity contribution in [2.24, 2.45) is 0 Å². The molecule has 1 aliphatic heterocycles. The van der Waals surface area contributed by atoms with Gasteiger partial charge in [-0.1, -0.05) is 66.2 Å². The van der Waals surface area contributed by atoms with Crippen molar-refractivity contribution >= 4 is 15.9 Å². The molecule has 2 aromatic rings. The average molecular weight is 418 g/mol. The van der Waals surface area contributed by atoms with E-state index in [1.165, 1.54) is 0 Å². The Morgan fingerprint density at radius 2 is 1.54 bits per heavy atom. The summed E-state index contributed by atoms with van der Waals surface area (Å²) in [4.78, 5) is 1.99. The molecule has 0 bridgehead atoms. The molecule has 3 nitrogen and oxygen atoms in total. The van der Waals surface area contributed by atoms with Crippen LogP contribution in [0, 0.1) is 0 Å². The van der Waals surface area contributed by atoms with Gasteiger partial charge in [0, 0.05) is 23.0 Å². The molecule has 0 aliphatic carbocycles. The molecule has 0 spiro atoms. The summed E-state index contributed by atoms with van der Waals surface area (Å²) >= 11 is 3.49. The zero-order chi connectivity index (χ0) is 18.9. The van der Waals surface area contributed by atoms with Crippen molar-refractivity contribution in [2.45, 2.75) is 50.9 Å². The van der Waals surface area contributed by atoms with Gasteiger partial charge in [-0.15, -0.1) is 0 Å². The molecule has 0 saturated carbocycles. The maximum Gasteiger partial charge on any atom is 0.137 e. The molecule has 140 valence electrons. The van der Waals surface area contributed by atoms with Crippen LogP contribution in [-0.2, 0) is 5.41 Å². The molecule has 1 saturated heterocycles. The lowest BCUT2D eigenvalue weighted by atomic mass is 9.67. The van der Waals surface area contributed by atoms with Crippen molar-refractivity contribution in [2.75, 3.05) is 13.1 Å². The lowest BCUT2D eigenvalue weighted by molar-refractivity contribution is -0.165. The van der Waals surface area contributed by atoms with Crippen molar-refractivity contribution < 1.29 is 10.2 Å². The molecule has 4 heteroatoms. The number of halogens is 1. The third kappa shape index (κ3) is 3.48. The molecular weight excluding hydrogens is 390 g/mol. The highest BCUT2D eigenvalue weighted by atomic mass is 79.9. The van der Waals surface area contributed by atoms with Crippen molar-refractivity contribution in [3.05, 3.63) is 58.6 Å². The fourth-order valence-electron chi connectivity index (χ4n) is 3.85. The normalized spacial score (nSPS) is 19.3. The third-order valence-corrected chi connectivity index (χ3v) is 6.54. The number of hydrogen-bond acceptors (Lipinski definition) is 3. The number of nitrogens with zero attached hydrogens (tertiary/aromatic N) is 1. The van der Waals surface area contributed by atoms with Gasteiger partial charge in [0.2, 0.25) is 0 Å². The second-order valence-corrected chi connectivity index (χ2v) is 8.86. The molecule has 2 aromatic carbocycles. The van der Waals surface area contributed by atoms with Crippen LogP contribution in [-0.4, -0.2) is 40.0 Å². The summed E-state index contributed by atoms with van der Waals surface area (Å²) in [6.07, 6.45) is 1.25. The molecule has 1 aliphatic rings. The van der Waals surface area contributed by atoms with E-state index < -0.39 is 17.2 Å². The van der Waals surface area contributed by atoms with E-state index >= 15 is 0 Å². The highest BCUT2D eigenvalue weighted by Crippen LogP contribution is 2.43. The van der Waals surface area contributed by atoms with Crippen LogP contribution in [0.5, 0.6) is 0 Å². The van der Waals surface area contributed by atoms with E-state index in [1.54, 1.807) is 6.92 Å². The van der Waals surface area contributed by atoms with E-state index in [9.17, 15) is 10.2 Å². The van der Waals surface area contributed by atoms with Crippen LogP contribution in [0.3, 0.4) is 0 Å². The zero-order valence-electron chi connectivity index (χ0n) is 15.7. The van der Waals surface area contributed by atoms with E-state index in [4.69, 9.17) is 0 Å². The van der Waals surface area contributed by atoms with E-state index in [0.29, 0.717) is 0 Å². The van der Waals surface area contributed by atoms with Crippen molar-refractivity contribution in [1.29, 1.82) is 0 Å². The first-order valence-corrected chi connectivity index (χ1v) is 10.0. The molecule has 0 aromatic heterocycles. The summed E-state index contributed by atoms with van der Waals surface area (Å²) in [5.41, 5.74) is 1.29. The molecule has 2 N–H and O–H groups in total. The average Bonchev–Trinajstić information content (AvgIpc) is 3.16. The van der Waals surface area contributed by atoms with Gasteiger partial charge in [-0.3, -0.25) is 4.90 Å². The van der Waals surface area contributed by atoms with Crippen LogP contribution in [0.15, 0.2) is 53.0 Å². The topological polar surface area (TPSA) is 43.7 Å². The predicted octanol–water partition coefficient (Wildman–Crippen LogP) is 4.56. The second-order valence-electron chi connectivity index (χ2n) is 7.94. The SMILES string of the molecule is CC(C)(c1ccccc1-c1ccc(Br)cc1)C(C)(O)C(O)N1CCCC1. The maximum absolute atomic E-state index is 11.4. The lowest BCUT2D eigenvalue weighted by Gasteiger charge is -2.47. The largest absolute Gasteiger partial charge is 0.385 e. The first-order chi connectivity index (χ1) is 12.2. The summed E-state index contributed by atoms with van der Waals surface area (Å²) < 4.78 is 1.04. The van der Waals surface area contributed by atoms with E-state index in [2.05, 4.69) is 40.2 Å². The number of aliphatic hydroxyl groups is 2. The molecule has 0 amide bonds. The number of benzene rings is 2. The molecule has 1 fully saturated rings. The Kier molecular flexibility index (Phi) is 5.59. The number of hydrogen-bond donors (Lipinski definition) is 2. The highest BCUT2D eigenvalue weighted by molar-refractivity contribution is 9.10. The van der Waals surface area contributed by atoms with Gasteiger partial charge >= 0.3 is 0 Å². The Hall–Kier alpha value is -1.20. The molecule has 0 radical (unpaired) electrons. The molecule has 2 unspecified atom stereocenters. The second kappa shape index (κ2) is 7.43. The van der Waals surface area contributed by atoms with Gasteiger partial charge in [0.15, 0.2) is 0 Å². The van der Waals surface area contributed by atoms with Gasteiger partial charge in [-0.2, -0.15) is 0 Å². The first kappa shape index (κ1) is 19.6. The number of rotatable bonds is 5. The molecule has 3 rings (SSSR count). The minimum atomic E-state index is -1.29. The standard InChI is InChI=1S/C22H28BrNO2/c1-21(2,22(3,26)20(25)24-14-6-7-15-24)19-9-5-4-8-18(19)16-10-12-17(23)13-11-16/h4-5,8-13,20,25-26H,6-7,14-15H2,1-3H3. The van der Waals surface area contributed by atoms with Gasteiger partial charge < -0.3 is 10.2 Å². The van der Waals surface area contributed by atoms with Gasteiger partial charge in [0.25, 0.3) is 0 Å². The fourth-order valence-corrected chi connectivity index (χ4v) is 4.11. The van der Waals surface area contributed by atoms with Crippen molar-refractivity contribution in [1.82, 2.24) is 4.90 Å². The third-order valence-electron chi connectivity index (χ3n) is 6.01. The quantitative estimate of drug-likeness (QED) is 0.748. The van der Waals surface area contributed by atoms with Crippen LogP contribution in [0.2, 0.25) is 0 Å². The Balaban J connectivity index is 2.02. The van der Waals surface area contributed by atoms with E-state index in [0.717, 1.165) is 47.1 Å². The predicted molar refractivity (Wildman–Crippen MR) is 110 cm³/mol. The molecule has 1 heterocycles. The molecule has 26 heavy (non-hydrogen) atoms. The van der Waals surface area contributed by atoms with E-state index in [1.807, 2.05) is 43.0 Å². The van der Waals surface area contributed by atoms with E-state index in [-0.39, 0.29) is 0 Å². The Morgan fingerprint density at radius 1 is 0.962 bits per heavy atom. The van der Waals surface area contributed by atoms with Crippen LogP contribution >= 0.6 is 15.9 Å². The van der Waals surface area contributed by atoms with Gasteiger partial charge in [-0.25, -0.2) is 0 Å². The van der Waals surface area contributed by atoms with Gasteiger partial charge in [0.1, 0.15) is 11.8 Å². The maximum atomic E-state index is 11.4. The summed E-state index contributed by atoms with van der Waals surface area (Å²) in [7, 11) is 0. The number of likely N-dealkylation sites (tertiary alicyclic amines) is 1. The first-order valence-electron chi connectivity index (χ1n) is 9.25. The summed E-state index contributed by atoms with van der Waals surface area (Å²) in [5, 5.41) is 22.4. The smallest absolute Gasteiger partial charge is 0.137 e. The Bertz CT molecular complexity index is 749. The highest BCUT2D eigenvalue weighted by Gasteiger charge is 2.49. The summed E-state index contributed by atoms with van der Waals surface area (Å²) in [6.45, 7) is 7.46. The minimum absolute atomic E-state index is 0.640. The van der Waals surface area contributed by atoms with Gasteiger partial charge in [0.05, 0.1) is 0 Å². The monoisotopic (exact) mass is 417 g/mol. The summed E-state index contributed by atoms with van der Waals surface area (Å²) in [5.74, 6) is 0. The summed E-state index contributed by atoms with van der Waals surface area (Å²) in [6, 6.07) is 16.4. The lowest BCUT2D eigenvalue weighted by Crippen LogP contribution is -2.59. The van der Waals surface area contributed by atoms with Crippen molar-refractivity contribution in [3.8, 4) is 11.1 Å². The van der Waals surface area contributed by atoms with Crippen LogP contribution < -0.4 is 0 Å². The zero-order valence-corrected chi connectivity index (χ0v) is 17.3.